The van der Waals surface area contributed by atoms with Gasteiger partial charge in [-0.05, 0) is 47.3 Å². The Hall–Kier alpha value is -0.700. The maximum absolute atomic E-state index is 11.4. The van der Waals surface area contributed by atoms with Gasteiger partial charge in [0, 0.05) is 22.3 Å². The van der Waals surface area contributed by atoms with Crippen LogP contribution in [0.25, 0.3) is 0 Å². The summed E-state index contributed by atoms with van der Waals surface area (Å²) in [7, 11) is 0. The van der Waals surface area contributed by atoms with Gasteiger partial charge in [0.25, 0.3) is 0 Å². The largest absolute Gasteiger partial charge is 0.300 e. The first-order valence-corrected chi connectivity index (χ1v) is 5.91. The fourth-order valence-corrected chi connectivity index (χ4v) is 1.84. The molecule has 0 saturated carbocycles. The van der Waals surface area contributed by atoms with Crippen LogP contribution in [0.2, 0.25) is 0 Å². The molecular formula is C12H16BrNO. The topological polar surface area (TPSA) is 30.0 Å². The summed E-state index contributed by atoms with van der Waals surface area (Å²) in [4.78, 5) is 15.7. The van der Waals surface area contributed by atoms with Crippen LogP contribution in [0.1, 0.15) is 26.5 Å². The summed E-state index contributed by atoms with van der Waals surface area (Å²) in [6, 6.07) is 3.92. The minimum atomic E-state index is 0.0821. The first-order chi connectivity index (χ1) is 7.00. The third kappa shape index (κ3) is 3.74. The van der Waals surface area contributed by atoms with Crippen molar-refractivity contribution in [2.24, 2.45) is 11.8 Å². The van der Waals surface area contributed by atoms with E-state index in [9.17, 15) is 4.79 Å². The van der Waals surface area contributed by atoms with Crippen molar-refractivity contribution < 1.29 is 4.79 Å². The van der Waals surface area contributed by atoms with Crippen molar-refractivity contribution in [3.8, 4) is 0 Å². The van der Waals surface area contributed by atoms with E-state index in [1.807, 2.05) is 12.1 Å². The van der Waals surface area contributed by atoms with Crippen LogP contribution >= 0.6 is 15.9 Å². The highest BCUT2D eigenvalue weighted by Crippen LogP contribution is 2.18. The lowest BCUT2D eigenvalue weighted by molar-refractivity contribution is -0.121. The molecule has 0 aliphatic heterocycles. The van der Waals surface area contributed by atoms with Gasteiger partial charge in [-0.3, -0.25) is 9.78 Å². The molecule has 0 saturated heterocycles. The first-order valence-electron chi connectivity index (χ1n) is 5.11. The van der Waals surface area contributed by atoms with Gasteiger partial charge >= 0.3 is 0 Å². The van der Waals surface area contributed by atoms with Gasteiger partial charge in [0.05, 0.1) is 0 Å². The number of ketones is 1. The van der Waals surface area contributed by atoms with Gasteiger partial charge < -0.3 is 0 Å². The molecule has 82 valence electrons. The van der Waals surface area contributed by atoms with Gasteiger partial charge in [0.1, 0.15) is 5.78 Å². The molecule has 15 heavy (non-hydrogen) atoms. The molecule has 0 amide bonds. The number of Topliss-reactive ketones (excluding diaryl/α,β-unsaturated/α-hetero) is 1. The van der Waals surface area contributed by atoms with Crippen LogP contribution in [-0.2, 0) is 11.2 Å². The second-order valence-electron chi connectivity index (χ2n) is 4.13. The molecule has 0 spiro atoms. The molecule has 1 aromatic rings. The Bertz CT molecular complexity index is 332. The summed E-state index contributed by atoms with van der Waals surface area (Å²) in [5.74, 6) is 0.696. The molecule has 0 fully saturated rings. The van der Waals surface area contributed by atoms with E-state index in [1.165, 1.54) is 0 Å². The van der Waals surface area contributed by atoms with Crippen molar-refractivity contribution in [2.45, 2.75) is 27.2 Å². The second kappa shape index (κ2) is 5.40. The average Bonchev–Trinajstić information content (AvgIpc) is 2.15. The van der Waals surface area contributed by atoms with Crippen LogP contribution in [0.5, 0.6) is 0 Å². The van der Waals surface area contributed by atoms with Gasteiger partial charge in [-0.25, -0.2) is 0 Å². The fraction of sp³-hybridized carbons (Fsp3) is 0.500. The van der Waals surface area contributed by atoms with Crippen LogP contribution in [-0.4, -0.2) is 10.8 Å². The van der Waals surface area contributed by atoms with Gasteiger partial charge in [-0.2, -0.15) is 0 Å². The predicted octanol–water partition coefficient (Wildman–Crippen LogP) is 3.25. The van der Waals surface area contributed by atoms with Crippen LogP contribution in [0.3, 0.4) is 0 Å². The quantitative estimate of drug-likeness (QED) is 0.840. The number of carbonyl (C=O) groups is 1. The molecule has 1 heterocycles. The van der Waals surface area contributed by atoms with Crippen LogP contribution in [0.15, 0.2) is 22.8 Å². The van der Waals surface area contributed by atoms with E-state index in [1.54, 1.807) is 13.1 Å². The summed E-state index contributed by atoms with van der Waals surface area (Å²) >= 11 is 3.34. The third-order valence-electron chi connectivity index (χ3n) is 2.54. The molecule has 1 rings (SSSR count). The SMILES string of the molecule is CC(=O)C(Cc1ccc(Br)cn1)C(C)C. The molecule has 0 bridgehead atoms. The lowest BCUT2D eigenvalue weighted by Gasteiger charge is -2.16. The lowest BCUT2D eigenvalue weighted by atomic mass is 9.88. The van der Waals surface area contributed by atoms with E-state index in [-0.39, 0.29) is 11.7 Å². The van der Waals surface area contributed by atoms with Crippen LogP contribution in [0.4, 0.5) is 0 Å². The zero-order valence-electron chi connectivity index (χ0n) is 9.33. The smallest absolute Gasteiger partial charge is 0.133 e. The number of halogens is 1. The Morgan fingerprint density at radius 1 is 1.47 bits per heavy atom. The highest BCUT2D eigenvalue weighted by Gasteiger charge is 2.19. The van der Waals surface area contributed by atoms with E-state index in [0.29, 0.717) is 5.92 Å². The second-order valence-corrected chi connectivity index (χ2v) is 5.05. The number of aromatic nitrogens is 1. The predicted molar refractivity (Wildman–Crippen MR) is 64.7 cm³/mol. The molecule has 0 aliphatic carbocycles. The van der Waals surface area contributed by atoms with Gasteiger partial charge in [-0.1, -0.05) is 13.8 Å². The van der Waals surface area contributed by atoms with E-state index < -0.39 is 0 Å². The molecule has 3 heteroatoms. The number of hydrogen-bond acceptors (Lipinski definition) is 2. The average molecular weight is 270 g/mol. The Morgan fingerprint density at radius 3 is 2.53 bits per heavy atom. The van der Waals surface area contributed by atoms with Crippen molar-refractivity contribution in [1.82, 2.24) is 4.98 Å². The normalized spacial score (nSPS) is 12.9. The first kappa shape index (κ1) is 12.4. The van der Waals surface area contributed by atoms with Crippen molar-refractivity contribution in [3.05, 3.63) is 28.5 Å². The van der Waals surface area contributed by atoms with Crippen LogP contribution < -0.4 is 0 Å². The summed E-state index contributed by atoms with van der Waals surface area (Å²) in [6.45, 7) is 5.80. The van der Waals surface area contributed by atoms with Crippen molar-refractivity contribution in [3.63, 3.8) is 0 Å². The summed E-state index contributed by atoms with van der Waals surface area (Å²) in [5, 5.41) is 0. The summed E-state index contributed by atoms with van der Waals surface area (Å²) in [6.07, 6.45) is 2.51. The highest BCUT2D eigenvalue weighted by atomic mass is 79.9. The standard InChI is InChI=1S/C12H16BrNO/c1-8(2)12(9(3)15)6-11-5-4-10(13)7-14-11/h4-5,7-8,12H,6H2,1-3H3. The zero-order valence-corrected chi connectivity index (χ0v) is 10.9. The fourth-order valence-electron chi connectivity index (χ4n) is 1.60. The molecule has 2 nitrogen and oxygen atoms in total. The summed E-state index contributed by atoms with van der Waals surface area (Å²) in [5.41, 5.74) is 0.979. The molecule has 1 aromatic heterocycles. The van der Waals surface area contributed by atoms with Crippen LogP contribution in [0, 0.1) is 11.8 Å². The Kier molecular flexibility index (Phi) is 4.45. The lowest BCUT2D eigenvalue weighted by Crippen LogP contribution is -2.20. The van der Waals surface area contributed by atoms with E-state index in [0.717, 1.165) is 16.6 Å². The maximum Gasteiger partial charge on any atom is 0.133 e. The molecule has 1 atom stereocenters. The number of carbonyl (C=O) groups excluding carboxylic acids is 1. The highest BCUT2D eigenvalue weighted by molar-refractivity contribution is 9.10. The van der Waals surface area contributed by atoms with E-state index in [4.69, 9.17) is 0 Å². The molecular weight excluding hydrogens is 254 g/mol. The van der Waals surface area contributed by atoms with Gasteiger partial charge in [-0.15, -0.1) is 0 Å². The monoisotopic (exact) mass is 269 g/mol. The van der Waals surface area contributed by atoms with E-state index in [2.05, 4.69) is 34.8 Å². The molecule has 1 unspecified atom stereocenters. The number of hydrogen-bond donors (Lipinski definition) is 0. The number of rotatable bonds is 4. The molecule has 0 aromatic carbocycles. The third-order valence-corrected chi connectivity index (χ3v) is 3.01. The van der Waals surface area contributed by atoms with Crippen molar-refractivity contribution >= 4 is 21.7 Å². The Morgan fingerprint density at radius 2 is 2.13 bits per heavy atom. The maximum atomic E-state index is 11.4. The zero-order chi connectivity index (χ0) is 11.4. The minimum absolute atomic E-state index is 0.0821. The summed E-state index contributed by atoms with van der Waals surface area (Å²) < 4.78 is 0.968. The van der Waals surface area contributed by atoms with Crippen molar-refractivity contribution in [1.29, 1.82) is 0 Å². The molecule has 0 N–H and O–H groups in total. The Balaban J connectivity index is 2.74. The molecule has 0 radical (unpaired) electrons. The van der Waals surface area contributed by atoms with E-state index >= 15 is 0 Å². The minimum Gasteiger partial charge on any atom is -0.300 e. The van der Waals surface area contributed by atoms with Crippen molar-refractivity contribution in [2.75, 3.05) is 0 Å². The number of pyridine rings is 1. The Labute approximate surface area is 99.2 Å². The van der Waals surface area contributed by atoms with Gasteiger partial charge in [0.15, 0.2) is 0 Å². The number of nitrogens with zero attached hydrogens (tertiary/aromatic N) is 1. The van der Waals surface area contributed by atoms with Gasteiger partial charge in [0.2, 0.25) is 0 Å². The molecule has 0 aliphatic rings.